The standard InChI is InChI=1S/C9H8O4S/c1-13-9(12)7-4-6(5-14-7)2-3-8(10)11/h2-5H,1H3,(H,10,11)/b3-2+. The first-order valence-electron chi connectivity index (χ1n) is 3.71. The van der Waals surface area contributed by atoms with E-state index in [0.29, 0.717) is 10.4 Å². The van der Waals surface area contributed by atoms with Crippen molar-refractivity contribution in [3.63, 3.8) is 0 Å². The van der Waals surface area contributed by atoms with Gasteiger partial charge in [-0.1, -0.05) is 0 Å². The molecule has 14 heavy (non-hydrogen) atoms. The van der Waals surface area contributed by atoms with E-state index in [9.17, 15) is 9.59 Å². The van der Waals surface area contributed by atoms with Crippen molar-refractivity contribution in [1.82, 2.24) is 0 Å². The normalized spacial score (nSPS) is 10.4. The van der Waals surface area contributed by atoms with E-state index < -0.39 is 11.9 Å². The molecule has 1 aromatic heterocycles. The molecule has 0 radical (unpaired) electrons. The molecule has 0 aliphatic heterocycles. The maximum atomic E-state index is 11.0. The summed E-state index contributed by atoms with van der Waals surface area (Å²) >= 11 is 1.22. The summed E-state index contributed by atoms with van der Waals surface area (Å²) in [6, 6.07) is 1.58. The molecule has 74 valence electrons. The van der Waals surface area contributed by atoms with E-state index in [2.05, 4.69) is 4.74 Å². The minimum Gasteiger partial charge on any atom is -0.478 e. The molecule has 0 aromatic carbocycles. The quantitative estimate of drug-likeness (QED) is 0.611. The molecule has 0 amide bonds. The Bertz CT molecular complexity index is 378. The highest BCUT2D eigenvalue weighted by Gasteiger charge is 2.07. The number of hydrogen-bond donors (Lipinski definition) is 1. The lowest BCUT2D eigenvalue weighted by Crippen LogP contribution is -1.96. The average molecular weight is 212 g/mol. The molecule has 1 N–H and O–H groups in total. The van der Waals surface area contributed by atoms with E-state index in [1.165, 1.54) is 24.5 Å². The average Bonchev–Trinajstić information content (AvgIpc) is 2.62. The van der Waals surface area contributed by atoms with Crippen molar-refractivity contribution in [1.29, 1.82) is 0 Å². The van der Waals surface area contributed by atoms with E-state index in [4.69, 9.17) is 5.11 Å². The second kappa shape index (κ2) is 4.57. The van der Waals surface area contributed by atoms with E-state index in [0.717, 1.165) is 6.08 Å². The van der Waals surface area contributed by atoms with Crippen molar-refractivity contribution in [2.75, 3.05) is 7.11 Å². The Balaban J connectivity index is 2.78. The zero-order chi connectivity index (χ0) is 10.6. The Morgan fingerprint density at radius 2 is 2.29 bits per heavy atom. The van der Waals surface area contributed by atoms with Crippen molar-refractivity contribution in [2.24, 2.45) is 0 Å². The summed E-state index contributed by atoms with van der Waals surface area (Å²) in [6.45, 7) is 0. The van der Waals surface area contributed by atoms with Crippen molar-refractivity contribution >= 4 is 29.4 Å². The third-order valence-electron chi connectivity index (χ3n) is 1.42. The number of carboxylic acid groups (broad SMARTS) is 1. The highest BCUT2D eigenvalue weighted by molar-refractivity contribution is 7.12. The molecule has 1 aromatic rings. The number of rotatable bonds is 3. The molecular formula is C9H8O4S. The predicted molar refractivity (Wildman–Crippen MR) is 52.3 cm³/mol. The summed E-state index contributed by atoms with van der Waals surface area (Å²) < 4.78 is 4.51. The lowest BCUT2D eigenvalue weighted by molar-refractivity contribution is -0.131. The first kappa shape index (κ1) is 10.5. The highest BCUT2D eigenvalue weighted by atomic mass is 32.1. The van der Waals surface area contributed by atoms with Crippen molar-refractivity contribution in [3.8, 4) is 0 Å². The third-order valence-corrected chi connectivity index (χ3v) is 2.35. The lowest BCUT2D eigenvalue weighted by Gasteiger charge is -1.90. The summed E-state index contributed by atoms with van der Waals surface area (Å²) in [7, 11) is 1.30. The maximum absolute atomic E-state index is 11.0. The van der Waals surface area contributed by atoms with Gasteiger partial charge in [-0.2, -0.15) is 0 Å². The molecule has 5 heteroatoms. The van der Waals surface area contributed by atoms with Gasteiger partial charge in [-0.05, 0) is 23.1 Å². The zero-order valence-corrected chi connectivity index (χ0v) is 8.21. The largest absolute Gasteiger partial charge is 0.478 e. The van der Waals surface area contributed by atoms with Gasteiger partial charge in [0.15, 0.2) is 0 Å². The van der Waals surface area contributed by atoms with Gasteiger partial charge in [-0.15, -0.1) is 11.3 Å². The molecular weight excluding hydrogens is 204 g/mol. The summed E-state index contributed by atoms with van der Waals surface area (Å²) in [5.41, 5.74) is 0.679. The first-order chi connectivity index (χ1) is 6.63. The van der Waals surface area contributed by atoms with Crippen LogP contribution in [0.25, 0.3) is 6.08 Å². The minimum absolute atomic E-state index is 0.412. The molecule has 0 saturated heterocycles. The van der Waals surface area contributed by atoms with Crippen LogP contribution in [0.4, 0.5) is 0 Å². The zero-order valence-electron chi connectivity index (χ0n) is 7.39. The summed E-state index contributed by atoms with van der Waals surface area (Å²) in [5, 5.41) is 10.0. The SMILES string of the molecule is COC(=O)c1cc(/C=C/C(=O)O)cs1. The van der Waals surface area contributed by atoms with Gasteiger partial charge in [0.05, 0.1) is 7.11 Å². The predicted octanol–water partition coefficient (Wildman–Crippen LogP) is 1.63. The Labute approximate surface area is 84.4 Å². The Morgan fingerprint density at radius 3 is 2.86 bits per heavy atom. The number of hydrogen-bond acceptors (Lipinski definition) is 4. The molecule has 0 saturated carbocycles. The van der Waals surface area contributed by atoms with Gasteiger partial charge in [0.2, 0.25) is 0 Å². The van der Waals surface area contributed by atoms with Gasteiger partial charge in [-0.25, -0.2) is 9.59 Å². The molecule has 0 unspecified atom stereocenters. The molecule has 0 atom stereocenters. The van der Waals surface area contributed by atoms with Crippen LogP contribution >= 0.6 is 11.3 Å². The summed E-state index contributed by atoms with van der Waals surface area (Å²) in [4.78, 5) is 21.7. The highest BCUT2D eigenvalue weighted by Crippen LogP contribution is 2.16. The molecule has 0 spiro atoms. The monoisotopic (exact) mass is 212 g/mol. The molecule has 0 aliphatic rings. The fourth-order valence-electron chi connectivity index (χ4n) is 0.813. The number of thiophene rings is 1. The fourth-order valence-corrected chi connectivity index (χ4v) is 1.61. The topological polar surface area (TPSA) is 63.6 Å². The number of carboxylic acids is 1. The van der Waals surface area contributed by atoms with Crippen LogP contribution in [0.1, 0.15) is 15.2 Å². The van der Waals surface area contributed by atoms with Crippen LogP contribution in [-0.4, -0.2) is 24.2 Å². The number of methoxy groups -OCH3 is 1. The summed E-state index contributed by atoms with van der Waals surface area (Å²) in [6.07, 6.45) is 2.44. The van der Waals surface area contributed by atoms with Gasteiger partial charge >= 0.3 is 11.9 Å². The van der Waals surface area contributed by atoms with Crippen molar-refractivity contribution in [2.45, 2.75) is 0 Å². The molecule has 1 heterocycles. The van der Waals surface area contributed by atoms with Crippen molar-refractivity contribution in [3.05, 3.63) is 28.0 Å². The van der Waals surface area contributed by atoms with E-state index in [1.807, 2.05) is 0 Å². The van der Waals surface area contributed by atoms with Crippen LogP contribution in [0.15, 0.2) is 17.5 Å². The van der Waals surface area contributed by atoms with Crippen LogP contribution < -0.4 is 0 Å². The van der Waals surface area contributed by atoms with Gasteiger partial charge in [0.25, 0.3) is 0 Å². The smallest absolute Gasteiger partial charge is 0.348 e. The first-order valence-corrected chi connectivity index (χ1v) is 4.59. The van der Waals surface area contributed by atoms with E-state index >= 15 is 0 Å². The van der Waals surface area contributed by atoms with Gasteiger partial charge in [0.1, 0.15) is 4.88 Å². The van der Waals surface area contributed by atoms with E-state index in [-0.39, 0.29) is 0 Å². The third kappa shape index (κ3) is 2.70. The second-order valence-electron chi connectivity index (χ2n) is 2.41. The Kier molecular flexibility index (Phi) is 3.41. The number of carbonyl (C=O) groups is 2. The van der Waals surface area contributed by atoms with Crippen LogP contribution in [0.3, 0.4) is 0 Å². The number of esters is 1. The molecule has 4 nitrogen and oxygen atoms in total. The molecule has 0 fully saturated rings. The van der Waals surface area contributed by atoms with Crippen LogP contribution in [0.2, 0.25) is 0 Å². The number of ether oxygens (including phenoxy) is 1. The van der Waals surface area contributed by atoms with Gasteiger partial charge < -0.3 is 9.84 Å². The molecule has 0 bridgehead atoms. The van der Waals surface area contributed by atoms with Crippen LogP contribution in [0, 0.1) is 0 Å². The Morgan fingerprint density at radius 1 is 1.57 bits per heavy atom. The lowest BCUT2D eigenvalue weighted by atomic mass is 10.3. The van der Waals surface area contributed by atoms with E-state index in [1.54, 1.807) is 11.4 Å². The van der Waals surface area contributed by atoms with Crippen molar-refractivity contribution < 1.29 is 19.4 Å². The fraction of sp³-hybridized carbons (Fsp3) is 0.111. The van der Waals surface area contributed by atoms with Crippen LogP contribution in [-0.2, 0) is 9.53 Å². The van der Waals surface area contributed by atoms with Gasteiger partial charge in [-0.3, -0.25) is 0 Å². The molecule has 0 aliphatic carbocycles. The second-order valence-corrected chi connectivity index (χ2v) is 3.32. The number of aliphatic carboxylic acids is 1. The maximum Gasteiger partial charge on any atom is 0.348 e. The van der Waals surface area contributed by atoms with Gasteiger partial charge in [0, 0.05) is 6.08 Å². The summed E-state index contributed by atoms with van der Waals surface area (Å²) in [5.74, 6) is -1.43. The molecule has 1 rings (SSSR count). The minimum atomic E-state index is -1.02. The Hall–Kier alpha value is -1.62. The van der Waals surface area contributed by atoms with Crippen LogP contribution in [0.5, 0.6) is 0 Å². The number of carbonyl (C=O) groups excluding carboxylic acids is 1.